The summed E-state index contributed by atoms with van der Waals surface area (Å²) in [6, 6.07) is 6.18. The fourth-order valence-corrected chi connectivity index (χ4v) is 7.25. The van der Waals surface area contributed by atoms with Crippen molar-refractivity contribution in [2.45, 2.75) is 13.0 Å². The van der Waals surface area contributed by atoms with Crippen LogP contribution in [0.15, 0.2) is 53.3 Å². The summed E-state index contributed by atoms with van der Waals surface area (Å²) in [5.41, 5.74) is 2.73. The number of amides is 1. The maximum absolute atomic E-state index is 16.0. The first-order valence-electron chi connectivity index (χ1n) is 13.3. The number of nitrogens with zero attached hydrogens (tertiary/aromatic N) is 5. The number of carbonyl (C=O) groups excluding carboxylic acids is 1. The van der Waals surface area contributed by atoms with Crippen molar-refractivity contribution in [2.75, 3.05) is 26.9 Å². The Balaban J connectivity index is 1.63. The lowest BCUT2D eigenvalue weighted by molar-refractivity contribution is -0.126. The number of benzene rings is 1. The summed E-state index contributed by atoms with van der Waals surface area (Å²) in [5, 5.41) is 7.55. The lowest BCUT2D eigenvalue weighted by Gasteiger charge is -2.24. The number of hydrogen-bond acceptors (Lipinski definition) is 9. The molecule has 1 aliphatic heterocycles. The third-order valence-electron chi connectivity index (χ3n) is 7.08. The van der Waals surface area contributed by atoms with Crippen LogP contribution in [-0.4, -0.2) is 57.4 Å². The van der Waals surface area contributed by atoms with Gasteiger partial charge in [0.2, 0.25) is 5.91 Å². The first-order chi connectivity index (χ1) is 20.8. The lowest BCUT2D eigenvalue weighted by Crippen LogP contribution is -2.34. The van der Waals surface area contributed by atoms with Crippen LogP contribution < -0.4 is 10.3 Å². The van der Waals surface area contributed by atoms with Crippen LogP contribution in [0.4, 0.5) is 4.39 Å². The molecule has 1 aromatic carbocycles. The molecule has 0 unspecified atom stereocenters. The van der Waals surface area contributed by atoms with Crippen molar-refractivity contribution >= 4 is 50.3 Å². The van der Waals surface area contributed by atoms with E-state index in [0.29, 0.717) is 53.6 Å². The predicted molar refractivity (Wildman–Crippen MR) is 166 cm³/mol. The van der Waals surface area contributed by atoms with E-state index in [2.05, 4.69) is 11.7 Å². The SMILES string of the molecule is C=CC(=O)N1CCc2nc(-c3nc(-c4cnn(C)c(=O)c4)c4ccsc4c3-c3c(F)cc(Cl)cc3OCCOC)sc2C1. The number of thiophene rings is 1. The first-order valence-corrected chi connectivity index (χ1v) is 15.3. The van der Waals surface area contributed by atoms with E-state index >= 15 is 4.39 Å². The van der Waals surface area contributed by atoms with E-state index in [9.17, 15) is 9.59 Å². The van der Waals surface area contributed by atoms with Crippen LogP contribution in [0.3, 0.4) is 0 Å². The van der Waals surface area contributed by atoms with Gasteiger partial charge in [-0.05, 0) is 29.7 Å². The molecular formula is C30H25ClFN5O4S2. The number of aromatic nitrogens is 4. The maximum atomic E-state index is 16.0. The number of halogens is 2. The quantitative estimate of drug-likeness (QED) is 0.158. The van der Waals surface area contributed by atoms with Crippen LogP contribution in [0, 0.1) is 5.82 Å². The summed E-state index contributed by atoms with van der Waals surface area (Å²) in [4.78, 5) is 37.5. The number of aryl methyl sites for hydroxylation is 1. The smallest absolute Gasteiger partial charge is 0.267 e. The number of fused-ring (bicyclic) bond motifs is 2. The number of rotatable bonds is 8. The predicted octanol–water partition coefficient (Wildman–Crippen LogP) is 5.74. The van der Waals surface area contributed by atoms with Crippen molar-refractivity contribution in [3.8, 4) is 38.8 Å². The fraction of sp³-hybridized carbons (Fsp3) is 0.233. The Morgan fingerprint density at radius 2 is 2.05 bits per heavy atom. The Morgan fingerprint density at radius 3 is 2.81 bits per heavy atom. The molecule has 0 aliphatic carbocycles. The average Bonchev–Trinajstić information content (AvgIpc) is 3.65. The molecule has 1 amide bonds. The summed E-state index contributed by atoms with van der Waals surface area (Å²) in [5.74, 6) is -0.488. The monoisotopic (exact) mass is 637 g/mol. The highest BCUT2D eigenvalue weighted by molar-refractivity contribution is 7.18. The second-order valence-electron chi connectivity index (χ2n) is 9.76. The summed E-state index contributed by atoms with van der Waals surface area (Å²) >= 11 is 9.09. The highest BCUT2D eigenvalue weighted by atomic mass is 35.5. The third kappa shape index (κ3) is 5.47. The van der Waals surface area contributed by atoms with Crippen molar-refractivity contribution in [3.05, 3.63) is 80.3 Å². The van der Waals surface area contributed by atoms with Gasteiger partial charge < -0.3 is 14.4 Å². The van der Waals surface area contributed by atoms with E-state index in [1.165, 1.54) is 45.6 Å². The van der Waals surface area contributed by atoms with Gasteiger partial charge in [-0.3, -0.25) is 9.59 Å². The number of thiazole rings is 1. The Morgan fingerprint density at radius 1 is 1.21 bits per heavy atom. The molecule has 4 aromatic heterocycles. The molecule has 13 heteroatoms. The molecular weight excluding hydrogens is 613 g/mol. The average molecular weight is 638 g/mol. The number of pyridine rings is 1. The van der Waals surface area contributed by atoms with Gasteiger partial charge in [0.25, 0.3) is 5.56 Å². The van der Waals surface area contributed by atoms with Crippen LogP contribution in [0.5, 0.6) is 5.75 Å². The van der Waals surface area contributed by atoms with Gasteiger partial charge in [-0.2, -0.15) is 5.10 Å². The van der Waals surface area contributed by atoms with Crippen LogP contribution in [0.25, 0.3) is 43.2 Å². The van der Waals surface area contributed by atoms with E-state index in [-0.39, 0.29) is 34.4 Å². The standard InChI is InChI=1S/C30H25ClFN5O4S2/c1-4-23(38)37-7-5-20-22(15-37)43-30(34-20)28-26(25-19(32)12-17(31)13-21(25)41-9-8-40-3)29-18(6-10-42-29)27(35-28)16-11-24(39)36(2)33-14-16/h4,6,10-14H,1,5,7-9,15H2,2-3H3. The second-order valence-corrected chi connectivity index (χ2v) is 12.2. The summed E-state index contributed by atoms with van der Waals surface area (Å²) in [6.45, 7) is 4.98. The van der Waals surface area contributed by atoms with Gasteiger partial charge >= 0.3 is 0 Å². The molecule has 220 valence electrons. The molecule has 5 aromatic rings. The zero-order valence-corrected chi connectivity index (χ0v) is 25.6. The van der Waals surface area contributed by atoms with Gasteiger partial charge in [0, 0.05) is 64.3 Å². The molecule has 0 spiro atoms. The summed E-state index contributed by atoms with van der Waals surface area (Å²) in [7, 11) is 3.13. The van der Waals surface area contributed by atoms with Crippen molar-refractivity contribution in [3.63, 3.8) is 0 Å². The number of carbonyl (C=O) groups is 1. The van der Waals surface area contributed by atoms with E-state index < -0.39 is 5.82 Å². The Kier molecular flexibility index (Phi) is 8.10. The molecule has 0 N–H and O–H groups in total. The number of ether oxygens (including phenoxy) is 2. The van der Waals surface area contributed by atoms with Gasteiger partial charge in [0.05, 0.1) is 36.3 Å². The Hall–Kier alpha value is -3.97. The largest absolute Gasteiger partial charge is 0.490 e. The lowest BCUT2D eigenvalue weighted by atomic mass is 9.98. The second kappa shape index (κ2) is 12.0. The zero-order chi connectivity index (χ0) is 30.2. The minimum Gasteiger partial charge on any atom is -0.490 e. The third-order valence-corrected chi connectivity index (χ3v) is 9.32. The molecule has 5 heterocycles. The molecule has 1 aliphatic rings. The van der Waals surface area contributed by atoms with E-state index in [1.807, 2.05) is 11.4 Å². The molecule has 0 saturated carbocycles. The highest BCUT2D eigenvalue weighted by Gasteiger charge is 2.29. The number of methoxy groups -OCH3 is 1. The van der Waals surface area contributed by atoms with Gasteiger partial charge in [-0.15, -0.1) is 22.7 Å². The highest BCUT2D eigenvalue weighted by Crippen LogP contribution is 2.48. The van der Waals surface area contributed by atoms with Gasteiger partial charge in [-0.1, -0.05) is 18.2 Å². The van der Waals surface area contributed by atoms with Crippen molar-refractivity contribution in [2.24, 2.45) is 7.05 Å². The molecule has 43 heavy (non-hydrogen) atoms. The Labute approximate surface area is 258 Å². The van der Waals surface area contributed by atoms with E-state index in [4.69, 9.17) is 31.0 Å². The molecule has 0 saturated heterocycles. The van der Waals surface area contributed by atoms with E-state index in [0.717, 1.165) is 20.7 Å². The van der Waals surface area contributed by atoms with Crippen LogP contribution in [0.1, 0.15) is 10.6 Å². The Bertz CT molecular complexity index is 1950. The van der Waals surface area contributed by atoms with Crippen molar-refractivity contribution in [1.82, 2.24) is 24.6 Å². The molecule has 6 rings (SSSR count). The zero-order valence-electron chi connectivity index (χ0n) is 23.2. The topological polar surface area (TPSA) is 99.4 Å². The first kappa shape index (κ1) is 29.1. The van der Waals surface area contributed by atoms with Gasteiger partial charge in [0.15, 0.2) is 0 Å². The van der Waals surface area contributed by atoms with Gasteiger partial charge in [0.1, 0.15) is 28.9 Å². The van der Waals surface area contributed by atoms with Crippen LogP contribution >= 0.6 is 34.3 Å². The van der Waals surface area contributed by atoms with Crippen molar-refractivity contribution in [1.29, 1.82) is 0 Å². The van der Waals surface area contributed by atoms with Crippen LogP contribution in [0.2, 0.25) is 5.02 Å². The van der Waals surface area contributed by atoms with Gasteiger partial charge in [-0.25, -0.2) is 19.0 Å². The molecule has 0 bridgehead atoms. The molecule has 9 nitrogen and oxygen atoms in total. The van der Waals surface area contributed by atoms with Crippen LogP contribution in [-0.2, 0) is 29.5 Å². The maximum Gasteiger partial charge on any atom is 0.267 e. The van der Waals surface area contributed by atoms with E-state index in [1.54, 1.807) is 31.3 Å². The summed E-state index contributed by atoms with van der Waals surface area (Å²) in [6.07, 6.45) is 3.45. The molecule has 0 radical (unpaired) electrons. The normalized spacial score (nSPS) is 12.9. The fourth-order valence-electron chi connectivity index (χ4n) is 4.99. The molecule has 0 atom stereocenters. The number of hydrogen-bond donors (Lipinski definition) is 0. The van der Waals surface area contributed by atoms with Crippen molar-refractivity contribution < 1.29 is 18.7 Å². The molecule has 0 fully saturated rings. The summed E-state index contributed by atoms with van der Waals surface area (Å²) < 4.78 is 29.1. The minimum atomic E-state index is -0.579. The minimum absolute atomic E-state index is 0.152.